The van der Waals surface area contributed by atoms with E-state index in [1.807, 2.05) is 158 Å². The van der Waals surface area contributed by atoms with Crippen LogP contribution in [0.4, 0.5) is 0 Å². The van der Waals surface area contributed by atoms with Crippen molar-refractivity contribution in [2.75, 3.05) is 0 Å². The van der Waals surface area contributed by atoms with Crippen LogP contribution in [-0.4, -0.2) is 54.8 Å². The van der Waals surface area contributed by atoms with Crippen LogP contribution in [0, 0.1) is 0 Å². The number of hydrogen-bond donors (Lipinski definition) is 0. The molecular formula is C126H79N11S3. The molecule has 0 atom stereocenters. The first kappa shape index (κ1) is 83.1. The third-order valence-corrected chi connectivity index (χ3v) is 30.1. The van der Waals surface area contributed by atoms with E-state index < -0.39 is 0 Å². The molecule has 0 saturated carbocycles. The molecular weight excluding hydrogens is 1760 g/mol. The monoisotopic (exact) mass is 1840 g/mol. The molecule has 0 bridgehead atoms. The lowest BCUT2D eigenvalue weighted by Gasteiger charge is -2.21. The van der Waals surface area contributed by atoms with Gasteiger partial charge < -0.3 is 0 Å². The number of rotatable bonds is 12. The molecule has 0 saturated heterocycles. The predicted octanol–water partition coefficient (Wildman–Crippen LogP) is 33.6. The van der Waals surface area contributed by atoms with E-state index >= 15 is 0 Å². The molecule has 11 nitrogen and oxygen atoms in total. The quantitative estimate of drug-likeness (QED) is 0.108. The summed E-state index contributed by atoms with van der Waals surface area (Å²) in [6, 6.07) is 155. The Morgan fingerprint density at radius 3 is 0.807 bits per heavy atom. The summed E-state index contributed by atoms with van der Waals surface area (Å²) in [6.45, 7) is 4.66. The summed E-state index contributed by atoms with van der Waals surface area (Å²) < 4.78 is 3.55. The van der Waals surface area contributed by atoms with E-state index in [0.29, 0.717) is 40.8 Å². The maximum Gasteiger partial charge on any atom is 0.164 e. The van der Waals surface area contributed by atoms with E-state index in [1.165, 1.54) is 107 Å². The molecule has 1 aliphatic carbocycles. The summed E-state index contributed by atoms with van der Waals surface area (Å²) in [7, 11) is 0. The molecule has 0 unspecified atom stereocenters. The molecule has 27 aromatic rings. The fourth-order valence-electron chi connectivity index (χ4n) is 19.9. The zero-order valence-corrected chi connectivity index (χ0v) is 78.2. The van der Waals surface area contributed by atoms with Gasteiger partial charge in [0.25, 0.3) is 0 Å². The van der Waals surface area contributed by atoms with Gasteiger partial charge in [-0.3, -0.25) is 0 Å². The lowest BCUT2D eigenvalue weighted by atomic mass is 9.82. The van der Waals surface area contributed by atoms with E-state index in [2.05, 4.69) is 299 Å². The highest BCUT2D eigenvalue weighted by molar-refractivity contribution is 7.22. The largest absolute Gasteiger partial charge is 0.235 e. The molecule has 1 aliphatic rings. The van der Waals surface area contributed by atoms with Crippen molar-refractivity contribution < 1.29 is 0 Å². The van der Waals surface area contributed by atoms with E-state index in [0.717, 1.165) is 126 Å². The Balaban J connectivity index is 0.000000108. The van der Waals surface area contributed by atoms with Crippen molar-refractivity contribution in [2.45, 2.75) is 19.3 Å². The van der Waals surface area contributed by atoms with Gasteiger partial charge in [-0.1, -0.05) is 396 Å². The van der Waals surface area contributed by atoms with Crippen molar-refractivity contribution in [2.24, 2.45) is 0 Å². The van der Waals surface area contributed by atoms with Crippen LogP contribution in [0.15, 0.2) is 443 Å². The molecule has 0 fully saturated rings. The first-order valence-electron chi connectivity index (χ1n) is 46.8. The maximum absolute atomic E-state index is 5.34. The highest BCUT2D eigenvalue weighted by Crippen LogP contribution is 2.51. The molecule has 656 valence electrons. The van der Waals surface area contributed by atoms with Crippen LogP contribution in [0.3, 0.4) is 0 Å². The third kappa shape index (κ3) is 15.3. The van der Waals surface area contributed by atoms with Crippen molar-refractivity contribution in [3.63, 3.8) is 0 Å². The summed E-state index contributed by atoms with van der Waals surface area (Å²) in [5.41, 5.74) is 22.6. The maximum atomic E-state index is 5.34. The van der Waals surface area contributed by atoms with Crippen molar-refractivity contribution >= 4 is 151 Å². The SMILES string of the molecule is CC1(C)c2ccccc2-c2ccc(-c3nc4c(ccc5ccc6cc(-c7nc(-c8ccccc8)nc(-c8ccccc8)n7)ccc6c54)s3)cc21.c1ccc(-c2cc(-c3ccccc3)nc(-c3ccc4c(ccc5ccc6sc(-c7ccc8ccccc8c7)nc6c54)c3)n2)cc1.c1ccc(-c2nc(-c3ccccc3)nc(-c3ccc4c(ccc5ccc6sc(-c7ccc8ccccc8c7)nc6c54)c3)n2)cc1. The number of hydrogen-bond acceptors (Lipinski definition) is 14. The van der Waals surface area contributed by atoms with Gasteiger partial charge >= 0.3 is 0 Å². The normalized spacial score (nSPS) is 12.1. The van der Waals surface area contributed by atoms with Crippen LogP contribution in [0.2, 0.25) is 0 Å². The molecule has 140 heavy (non-hydrogen) atoms. The smallest absolute Gasteiger partial charge is 0.164 e. The Kier molecular flexibility index (Phi) is 20.6. The van der Waals surface area contributed by atoms with Gasteiger partial charge in [-0.15, -0.1) is 34.0 Å². The second kappa shape index (κ2) is 34.7. The zero-order valence-electron chi connectivity index (χ0n) is 75.8. The highest BCUT2D eigenvalue weighted by Gasteiger charge is 2.36. The standard InChI is InChI=1S/C45H30N4S.C41H25N3S.C40H24N4S/c1-45(2)36-16-10-9-15-34(36)35-23-20-32(26-37(35)45)44-46-40-38(50-44)24-21-27-17-18-30-25-31(19-22-33(30)39(27)40)43-48-41(28-11-5-3-6-12-28)47-42(49-43)29-13-7-4-8-14-29;1-3-10-27(11-4-1)35-25-36(28-12-5-2-6-13-28)43-40(42-35)32-19-21-34-31(24-32)17-16-29-20-22-37-39(38(29)34)44-41(45-37)33-18-15-26-9-7-8-14-30(26)23-33;1-3-10-27(11-4-1)37-42-38(28-12-5-2-6-13-28)44-39(43-37)31-19-21-33-30(24-31)17-16-26-20-22-34-36(35(26)33)41-40(45-34)32-18-15-25-9-7-8-14-29(25)23-32/h3-26H,1-2H3;1-25H;1-24H. The lowest BCUT2D eigenvalue weighted by molar-refractivity contribution is 0.660. The third-order valence-electron chi connectivity index (χ3n) is 26.9. The van der Waals surface area contributed by atoms with Crippen molar-refractivity contribution in [1.82, 2.24) is 54.8 Å². The Morgan fingerprint density at radius 2 is 0.436 bits per heavy atom. The zero-order chi connectivity index (χ0) is 92.9. The average Bonchev–Trinajstić information content (AvgIpc) is 1.49. The molecule has 0 N–H and O–H groups in total. The van der Waals surface area contributed by atoms with Gasteiger partial charge in [-0.05, 0) is 153 Å². The molecule has 28 rings (SSSR count). The molecule has 6 aromatic heterocycles. The minimum atomic E-state index is -0.0541. The first-order chi connectivity index (χ1) is 69.0. The fraction of sp³-hybridized carbons (Fsp3) is 0.0238. The topological polar surface area (TPSA) is 142 Å². The molecule has 21 aromatic carbocycles. The summed E-state index contributed by atoms with van der Waals surface area (Å²) >= 11 is 5.26. The second-order valence-electron chi connectivity index (χ2n) is 35.9. The predicted molar refractivity (Wildman–Crippen MR) is 584 cm³/mol. The molecule has 0 aliphatic heterocycles. The molecule has 0 amide bonds. The fourth-order valence-corrected chi connectivity index (χ4v) is 22.8. The van der Waals surface area contributed by atoms with Crippen LogP contribution >= 0.6 is 34.0 Å². The van der Waals surface area contributed by atoms with Gasteiger partial charge in [0.2, 0.25) is 0 Å². The molecule has 14 heteroatoms. The highest BCUT2D eigenvalue weighted by atomic mass is 32.1. The van der Waals surface area contributed by atoms with Gasteiger partial charge in [0.05, 0.1) is 42.0 Å². The number of aromatic nitrogens is 11. The average molecular weight is 1840 g/mol. The summed E-state index contributed by atoms with van der Waals surface area (Å²) in [5.74, 6) is 4.63. The van der Waals surface area contributed by atoms with Crippen molar-refractivity contribution in [3.8, 4) is 145 Å². The van der Waals surface area contributed by atoms with Gasteiger partial charge in [0.1, 0.15) is 15.0 Å². The van der Waals surface area contributed by atoms with Gasteiger partial charge in [-0.2, -0.15) is 0 Å². The van der Waals surface area contributed by atoms with Gasteiger partial charge in [0.15, 0.2) is 40.8 Å². The number of nitrogens with zero attached hydrogens (tertiary/aromatic N) is 11. The first-order valence-corrected chi connectivity index (χ1v) is 49.3. The van der Waals surface area contributed by atoms with Crippen LogP contribution in [0.5, 0.6) is 0 Å². The summed E-state index contributed by atoms with van der Waals surface area (Å²) in [5, 5.41) is 22.0. The van der Waals surface area contributed by atoms with Crippen LogP contribution in [0.25, 0.3) is 262 Å². The van der Waals surface area contributed by atoms with Gasteiger partial charge in [0, 0.05) is 88.3 Å². The second-order valence-corrected chi connectivity index (χ2v) is 39.0. The number of thiazole rings is 3. The Hall–Kier alpha value is -17.5. The Morgan fingerprint density at radius 1 is 0.171 bits per heavy atom. The molecule has 0 radical (unpaired) electrons. The van der Waals surface area contributed by atoms with Crippen LogP contribution < -0.4 is 0 Å². The van der Waals surface area contributed by atoms with E-state index in [-0.39, 0.29) is 5.41 Å². The molecule has 6 heterocycles. The van der Waals surface area contributed by atoms with Gasteiger partial charge in [-0.25, -0.2) is 54.8 Å². The minimum Gasteiger partial charge on any atom is -0.235 e. The van der Waals surface area contributed by atoms with E-state index in [4.69, 9.17) is 54.8 Å². The number of fused-ring (bicyclic) bond motifs is 20. The summed E-state index contributed by atoms with van der Waals surface area (Å²) in [4.78, 5) is 55.5. The molecule has 0 spiro atoms. The van der Waals surface area contributed by atoms with E-state index in [1.54, 1.807) is 34.0 Å². The van der Waals surface area contributed by atoms with E-state index in [9.17, 15) is 0 Å². The lowest BCUT2D eigenvalue weighted by Crippen LogP contribution is -2.14. The minimum absolute atomic E-state index is 0.0541. The van der Waals surface area contributed by atoms with Crippen LogP contribution in [-0.2, 0) is 5.41 Å². The number of benzene rings is 21. The van der Waals surface area contributed by atoms with Crippen LogP contribution in [0.1, 0.15) is 25.0 Å². The summed E-state index contributed by atoms with van der Waals surface area (Å²) in [6.07, 6.45) is 0. The Labute approximate surface area is 817 Å². The van der Waals surface area contributed by atoms with Crippen molar-refractivity contribution in [3.05, 3.63) is 454 Å². The Bertz CT molecular complexity index is 9080. The van der Waals surface area contributed by atoms with Crippen molar-refractivity contribution in [1.29, 1.82) is 0 Å².